The SMILES string of the molecule is C=CCO[C@@H]1[C@H](O)[C@H](O[C@H]2[C@H](OCc3ccccc3)[C@@H](N3C(=O)c4ccccc4C3=O)[C@H](Oc3ccc(OC)cc3)O[C@@H]2COCc2ccccc2)O[C@@H]2COC(c3ccccc3)O[C@@H]12. The Morgan fingerprint density at radius 1 is 0.692 bits per heavy atom. The molecule has 9 rings (SSSR count). The quantitative estimate of drug-likeness (QED) is 0.0809. The van der Waals surface area contributed by atoms with Crippen LogP contribution in [0.3, 0.4) is 0 Å². The van der Waals surface area contributed by atoms with Crippen molar-refractivity contribution in [2.45, 2.75) is 80.9 Å². The van der Waals surface area contributed by atoms with Gasteiger partial charge in [0.05, 0.1) is 51.3 Å². The van der Waals surface area contributed by atoms with Crippen LogP contribution < -0.4 is 9.47 Å². The molecule has 0 spiro atoms. The number of aliphatic hydroxyl groups is 1. The van der Waals surface area contributed by atoms with E-state index in [4.69, 9.17) is 47.4 Å². The number of ether oxygens (including phenoxy) is 10. The van der Waals surface area contributed by atoms with Gasteiger partial charge in [0.1, 0.15) is 60.3 Å². The van der Waals surface area contributed by atoms with Crippen molar-refractivity contribution in [3.8, 4) is 11.5 Å². The molecule has 14 nitrogen and oxygen atoms in total. The summed E-state index contributed by atoms with van der Waals surface area (Å²) in [4.78, 5) is 30.2. The van der Waals surface area contributed by atoms with E-state index in [0.29, 0.717) is 11.5 Å². The second kappa shape index (κ2) is 20.6. The van der Waals surface area contributed by atoms with Gasteiger partial charge in [-0.15, -0.1) is 6.58 Å². The topological polar surface area (TPSA) is 150 Å². The van der Waals surface area contributed by atoms with Crippen molar-refractivity contribution >= 4 is 11.8 Å². The maximum Gasteiger partial charge on any atom is 0.262 e. The molecule has 2 amide bonds. The third-order valence-corrected chi connectivity index (χ3v) is 11.8. The molecule has 14 heteroatoms. The lowest BCUT2D eigenvalue weighted by molar-refractivity contribution is -0.384. The molecule has 338 valence electrons. The van der Waals surface area contributed by atoms with Gasteiger partial charge in [-0.05, 0) is 47.5 Å². The minimum atomic E-state index is -1.43. The van der Waals surface area contributed by atoms with Gasteiger partial charge in [0, 0.05) is 5.56 Å². The molecule has 0 radical (unpaired) electrons. The van der Waals surface area contributed by atoms with Crippen LogP contribution in [0, 0.1) is 0 Å². The minimum absolute atomic E-state index is 0.0320. The van der Waals surface area contributed by atoms with Crippen LogP contribution in [-0.2, 0) is 51.1 Å². The van der Waals surface area contributed by atoms with Gasteiger partial charge in [-0.3, -0.25) is 14.5 Å². The molecule has 5 aromatic carbocycles. The number of benzene rings is 5. The van der Waals surface area contributed by atoms with E-state index in [2.05, 4.69) is 6.58 Å². The number of rotatable bonds is 17. The molecule has 3 fully saturated rings. The fourth-order valence-electron chi connectivity index (χ4n) is 8.63. The molecular weight excluding hydrogens is 835 g/mol. The monoisotopic (exact) mass is 885 g/mol. The first-order valence-corrected chi connectivity index (χ1v) is 21.6. The van der Waals surface area contributed by atoms with Crippen molar-refractivity contribution in [2.24, 2.45) is 0 Å². The number of methoxy groups -OCH3 is 1. The summed E-state index contributed by atoms with van der Waals surface area (Å²) in [6.07, 6.45) is -9.15. The number of nitrogens with zero attached hydrogens (tertiary/aromatic N) is 1. The highest BCUT2D eigenvalue weighted by Crippen LogP contribution is 2.40. The summed E-state index contributed by atoms with van der Waals surface area (Å²) >= 11 is 0. The summed E-state index contributed by atoms with van der Waals surface area (Å²) in [6, 6.07) is 40.8. The van der Waals surface area contributed by atoms with Gasteiger partial charge in [-0.1, -0.05) is 109 Å². The molecule has 4 aliphatic heterocycles. The van der Waals surface area contributed by atoms with Gasteiger partial charge in [0.25, 0.3) is 11.8 Å². The third-order valence-electron chi connectivity index (χ3n) is 11.8. The third kappa shape index (κ3) is 9.77. The van der Waals surface area contributed by atoms with E-state index in [-0.39, 0.29) is 44.2 Å². The number of amides is 2. The summed E-state index contributed by atoms with van der Waals surface area (Å²) in [5, 5.41) is 12.3. The summed E-state index contributed by atoms with van der Waals surface area (Å²) in [5.74, 6) is -0.162. The van der Waals surface area contributed by atoms with Crippen molar-refractivity contribution in [1.82, 2.24) is 4.90 Å². The van der Waals surface area contributed by atoms with E-state index in [9.17, 15) is 14.7 Å². The van der Waals surface area contributed by atoms with E-state index in [1.807, 2.05) is 91.0 Å². The van der Waals surface area contributed by atoms with Gasteiger partial charge in [0.2, 0.25) is 6.29 Å². The van der Waals surface area contributed by atoms with Gasteiger partial charge in [-0.25, -0.2) is 0 Å². The fraction of sp³-hybridized carbons (Fsp3) is 0.333. The van der Waals surface area contributed by atoms with Crippen LogP contribution in [0.25, 0.3) is 0 Å². The van der Waals surface area contributed by atoms with E-state index in [1.54, 1.807) is 61.7 Å². The van der Waals surface area contributed by atoms with Crippen LogP contribution >= 0.6 is 0 Å². The van der Waals surface area contributed by atoms with Crippen LogP contribution in [0.4, 0.5) is 0 Å². The highest BCUT2D eigenvalue weighted by Gasteiger charge is 2.58. The lowest BCUT2D eigenvalue weighted by atomic mass is 9.93. The molecule has 1 N–H and O–H groups in total. The maximum absolute atomic E-state index is 14.5. The molecule has 0 bridgehead atoms. The molecule has 65 heavy (non-hydrogen) atoms. The molecular formula is C51H51NO13. The second-order valence-corrected chi connectivity index (χ2v) is 16.0. The van der Waals surface area contributed by atoms with Gasteiger partial charge >= 0.3 is 0 Å². The Labute approximate surface area is 377 Å². The maximum atomic E-state index is 14.5. The number of carbonyl (C=O) groups excluding carboxylic acids is 2. The number of carbonyl (C=O) groups is 2. The van der Waals surface area contributed by atoms with Gasteiger partial charge in [-0.2, -0.15) is 0 Å². The Morgan fingerprint density at radius 2 is 1.31 bits per heavy atom. The zero-order valence-electron chi connectivity index (χ0n) is 35.7. The minimum Gasteiger partial charge on any atom is -0.497 e. The number of imide groups is 1. The summed E-state index contributed by atoms with van der Waals surface area (Å²) in [6.45, 7) is 4.18. The zero-order valence-corrected chi connectivity index (χ0v) is 35.7. The molecule has 11 atom stereocenters. The van der Waals surface area contributed by atoms with Crippen LogP contribution in [-0.4, -0.2) is 110 Å². The number of fused-ring (bicyclic) bond motifs is 2. The highest BCUT2D eigenvalue weighted by molar-refractivity contribution is 6.21. The Bertz CT molecular complexity index is 2320. The predicted octanol–water partition coefficient (Wildman–Crippen LogP) is 6.42. The zero-order chi connectivity index (χ0) is 44.7. The average Bonchev–Trinajstić information content (AvgIpc) is 3.60. The predicted molar refractivity (Wildman–Crippen MR) is 234 cm³/mol. The standard InChI is InChI=1S/C51H51NO13/c1-3-27-58-46-42(53)51(63-40-31-60-49(64-44(40)46)34-19-11-6-12-20-34)65-43-39(30-57-28-32-15-7-4-8-16-32)62-50(61-36-25-23-35(56-2)24-26-36)41(45(43)59-29-33-17-9-5-10-18-33)52-47(54)37-21-13-14-22-38(37)48(52)55/h3-26,39-46,49-51,53H,1,27-31H2,2H3/t39-,40-,41-,42+,43-,44-,45-,46-,49?,50-,51+/m1/s1. The lowest BCUT2D eigenvalue weighted by Crippen LogP contribution is -2.70. The van der Waals surface area contributed by atoms with Gasteiger partial charge in [0.15, 0.2) is 12.6 Å². The number of hydrogen-bond donors (Lipinski definition) is 1. The highest BCUT2D eigenvalue weighted by atomic mass is 16.8. The van der Waals surface area contributed by atoms with E-state index in [1.165, 1.54) is 0 Å². The first kappa shape index (κ1) is 44.4. The molecule has 0 saturated carbocycles. The van der Waals surface area contributed by atoms with Crippen LogP contribution in [0.15, 0.2) is 152 Å². The fourth-order valence-corrected chi connectivity index (χ4v) is 8.63. The van der Waals surface area contributed by atoms with E-state index < -0.39 is 79.5 Å². The Hall–Kier alpha value is -5.78. The van der Waals surface area contributed by atoms with E-state index >= 15 is 0 Å². The van der Waals surface area contributed by atoms with Crippen molar-refractivity contribution < 1.29 is 62.1 Å². The van der Waals surface area contributed by atoms with Crippen molar-refractivity contribution in [1.29, 1.82) is 0 Å². The number of hydrogen-bond acceptors (Lipinski definition) is 13. The average molecular weight is 886 g/mol. The van der Waals surface area contributed by atoms with Crippen molar-refractivity contribution in [3.05, 3.63) is 180 Å². The van der Waals surface area contributed by atoms with Crippen LogP contribution in [0.2, 0.25) is 0 Å². The summed E-state index contributed by atoms with van der Waals surface area (Å²) in [7, 11) is 1.56. The smallest absolute Gasteiger partial charge is 0.262 e. The summed E-state index contributed by atoms with van der Waals surface area (Å²) in [5.41, 5.74) is 2.96. The molecule has 4 aliphatic rings. The summed E-state index contributed by atoms with van der Waals surface area (Å²) < 4.78 is 64.5. The molecule has 4 heterocycles. The molecule has 0 aliphatic carbocycles. The first-order chi connectivity index (χ1) is 31.9. The van der Waals surface area contributed by atoms with Crippen LogP contribution in [0.1, 0.15) is 43.7 Å². The van der Waals surface area contributed by atoms with Crippen molar-refractivity contribution in [2.75, 3.05) is 26.9 Å². The van der Waals surface area contributed by atoms with E-state index in [0.717, 1.165) is 21.6 Å². The Balaban J connectivity index is 1.10. The Morgan fingerprint density at radius 3 is 1.95 bits per heavy atom. The Kier molecular flexibility index (Phi) is 14.1. The number of aliphatic hydroxyl groups excluding tert-OH is 1. The second-order valence-electron chi connectivity index (χ2n) is 16.0. The van der Waals surface area contributed by atoms with Crippen molar-refractivity contribution in [3.63, 3.8) is 0 Å². The normalized spacial score (nSPS) is 28.6. The molecule has 0 aromatic heterocycles. The largest absolute Gasteiger partial charge is 0.497 e. The lowest BCUT2D eigenvalue weighted by Gasteiger charge is -2.51. The first-order valence-electron chi connectivity index (χ1n) is 21.6. The van der Waals surface area contributed by atoms with Crippen LogP contribution in [0.5, 0.6) is 11.5 Å². The molecule has 5 aromatic rings. The molecule has 3 saturated heterocycles. The molecule has 1 unspecified atom stereocenters. The van der Waals surface area contributed by atoms with Gasteiger partial charge < -0.3 is 52.5 Å².